The van der Waals surface area contributed by atoms with E-state index in [1.165, 1.54) is 0 Å². The lowest BCUT2D eigenvalue weighted by molar-refractivity contribution is 0.102. The van der Waals surface area contributed by atoms with Gasteiger partial charge in [0.15, 0.2) is 0 Å². The summed E-state index contributed by atoms with van der Waals surface area (Å²) in [5.41, 5.74) is 7.67. The molecule has 1 heterocycles. The molecule has 0 aliphatic rings. The third-order valence-electron chi connectivity index (χ3n) is 3.52. The van der Waals surface area contributed by atoms with E-state index in [1.807, 2.05) is 31.2 Å². The van der Waals surface area contributed by atoms with Crippen molar-refractivity contribution in [1.82, 2.24) is 4.98 Å². The van der Waals surface area contributed by atoms with E-state index in [0.29, 0.717) is 17.9 Å². The van der Waals surface area contributed by atoms with Crippen molar-refractivity contribution in [2.75, 3.05) is 17.7 Å². The van der Waals surface area contributed by atoms with Crippen LogP contribution in [-0.2, 0) is 0 Å². The van der Waals surface area contributed by atoms with E-state index >= 15 is 0 Å². The van der Waals surface area contributed by atoms with Gasteiger partial charge in [-0.05, 0) is 37.1 Å². The van der Waals surface area contributed by atoms with Crippen LogP contribution in [0.3, 0.4) is 0 Å². The monoisotopic (exact) mass is 313 g/mol. The first-order valence-electron chi connectivity index (χ1n) is 7.87. The molecule has 23 heavy (non-hydrogen) atoms. The minimum atomic E-state index is -0.267. The van der Waals surface area contributed by atoms with Gasteiger partial charge >= 0.3 is 0 Å². The zero-order valence-electron chi connectivity index (χ0n) is 13.6. The minimum Gasteiger partial charge on any atom is -0.494 e. The first-order chi connectivity index (χ1) is 11.1. The Morgan fingerprint density at radius 1 is 1.30 bits per heavy atom. The summed E-state index contributed by atoms with van der Waals surface area (Å²) in [4.78, 5) is 16.4. The Labute approximate surface area is 136 Å². The normalized spacial score (nSPS) is 10.3. The predicted octanol–water partition coefficient (Wildman–Crippen LogP) is 3.79. The molecule has 5 heteroatoms. The van der Waals surface area contributed by atoms with Crippen molar-refractivity contribution in [2.45, 2.75) is 33.1 Å². The van der Waals surface area contributed by atoms with Crippen LogP contribution < -0.4 is 15.8 Å². The molecule has 0 spiro atoms. The Kier molecular flexibility index (Phi) is 5.97. The molecule has 0 radical (unpaired) electrons. The fraction of sp³-hybridized carbons (Fsp3) is 0.333. The highest BCUT2D eigenvalue weighted by molar-refractivity contribution is 6.08. The number of carbonyl (C=O) groups excluding carboxylic acids is 1. The second kappa shape index (κ2) is 8.17. The number of benzene rings is 1. The summed E-state index contributed by atoms with van der Waals surface area (Å²) in [6.45, 7) is 4.67. The number of aromatic nitrogens is 1. The molecular weight excluding hydrogens is 290 g/mol. The summed E-state index contributed by atoms with van der Waals surface area (Å²) in [7, 11) is 0. The number of unbranched alkanes of at least 4 members (excludes halogenated alkanes) is 2. The Hall–Kier alpha value is -2.56. The van der Waals surface area contributed by atoms with Crippen LogP contribution in [0.2, 0.25) is 0 Å². The van der Waals surface area contributed by atoms with Crippen LogP contribution in [0.15, 0.2) is 36.5 Å². The van der Waals surface area contributed by atoms with Crippen LogP contribution in [0.4, 0.5) is 11.5 Å². The maximum absolute atomic E-state index is 12.4. The lowest BCUT2D eigenvalue weighted by Crippen LogP contribution is -2.16. The summed E-state index contributed by atoms with van der Waals surface area (Å²) >= 11 is 0. The maximum atomic E-state index is 12.4. The van der Waals surface area contributed by atoms with Crippen molar-refractivity contribution in [2.24, 2.45) is 0 Å². The number of hydrogen-bond acceptors (Lipinski definition) is 4. The second-order valence-electron chi connectivity index (χ2n) is 5.43. The second-order valence-corrected chi connectivity index (χ2v) is 5.43. The summed E-state index contributed by atoms with van der Waals surface area (Å²) in [6.07, 6.45) is 4.92. The van der Waals surface area contributed by atoms with Crippen LogP contribution in [0, 0.1) is 6.92 Å². The zero-order chi connectivity index (χ0) is 16.7. The van der Waals surface area contributed by atoms with Gasteiger partial charge in [-0.1, -0.05) is 25.8 Å². The number of nitrogens with two attached hydrogens (primary N) is 1. The molecule has 0 saturated carbocycles. The Balaban J connectivity index is 2.04. The molecule has 5 nitrogen and oxygen atoms in total. The van der Waals surface area contributed by atoms with E-state index < -0.39 is 0 Å². The van der Waals surface area contributed by atoms with Crippen molar-refractivity contribution in [3.8, 4) is 5.75 Å². The number of amides is 1. The van der Waals surface area contributed by atoms with Crippen LogP contribution >= 0.6 is 0 Å². The van der Waals surface area contributed by atoms with Crippen molar-refractivity contribution in [3.05, 3.63) is 47.7 Å². The van der Waals surface area contributed by atoms with Crippen molar-refractivity contribution in [3.63, 3.8) is 0 Å². The van der Waals surface area contributed by atoms with E-state index in [1.54, 1.807) is 12.3 Å². The molecule has 0 atom stereocenters. The minimum absolute atomic E-state index is 0.231. The molecule has 1 amide bonds. The number of carbonyl (C=O) groups is 1. The summed E-state index contributed by atoms with van der Waals surface area (Å²) in [5.74, 6) is 0.709. The van der Waals surface area contributed by atoms with Gasteiger partial charge in [-0.25, -0.2) is 4.98 Å². The summed E-state index contributed by atoms with van der Waals surface area (Å²) in [5, 5.41) is 2.84. The van der Waals surface area contributed by atoms with Crippen molar-refractivity contribution < 1.29 is 9.53 Å². The van der Waals surface area contributed by atoms with Gasteiger partial charge in [-0.3, -0.25) is 4.79 Å². The smallest absolute Gasteiger partial charge is 0.259 e. The molecule has 3 N–H and O–H groups in total. The Morgan fingerprint density at radius 3 is 2.87 bits per heavy atom. The van der Waals surface area contributed by atoms with Crippen LogP contribution in [0.5, 0.6) is 5.75 Å². The van der Waals surface area contributed by atoms with Crippen LogP contribution in [0.1, 0.15) is 42.1 Å². The molecule has 0 unspecified atom stereocenters. The van der Waals surface area contributed by atoms with E-state index in [2.05, 4.69) is 17.2 Å². The fourth-order valence-electron chi connectivity index (χ4n) is 2.27. The Morgan fingerprint density at radius 2 is 2.13 bits per heavy atom. The third-order valence-corrected chi connectivity index (χ3v) is 3.52. The highest BCUT2D eigenvalue weighted by Gasteiger charge is 2.14. The van der Waals surface area contributed by atoms with Crippen molar-refractivity contribution in [1.29, 1.82) is 0 Å². The lowest BCUT2D eigenvalue weighted by Gasteiger charge is -2.11. The van der Waals surface area contributed by atoms with E-state index in [9.17, 15) is 4.79 Å². The predicted molar refractivity (Wildman–Crippen MR) is 92.8 cm³/mol. The molecule has 0 bridgehead atoms. The molecule has 0 aliphatic heterocycles. The van der Waals surface area contributed by atoms with Gasteiger partial charge in [0.2, 0.25) is 0 Å². The third kappa shape index (κ3) is 4.71. The Bertz CT molecular complexity index is 651. The topological polar surface area (TPSA) is 77.2 Å². The van der Waals surface area contributed by atoms with E-state index in [-0.39, 0.29) is 11.7 Å². The average Bonchev–Trinajstić information content (AvgIpc) is 2.52. The number of nitrogens with one attached hydrogen (secondary N) is 1. The molecule has 0 fully saturated rings. The molecule has 1 aromatic carbocycles. The number of nitrogens with zero attached hydrogens (tertiary/aromatic N) is 1. The van der Waals surface area contributed by atoms with Crippen LogP contribution in [0.25, 0.3) is 0 Å². The lowest BCUT2D eigenvalue weighted by atomic mass is 10.1. The quantitative estimate of drug-likeness (QED) is 0.762. The van der Waals surface area contributed by atoms with E-state index in [0.717, 1.165) is 30.6 Å². The van der Waals surface area contributed by atoms with Gasteiger partial charge in [-0.15, -0.1) is 0 Å². The van der Waals surface area contributed by atoms with Gasteiger partial charge in [-0.2, -0.15) is 0 Å². The molecule has 2 rings (SSSR count). The molecule has 1 aromatic heterocycles. The molecule has 0 aliphatic carbocycles. The number of rotatable bonds is 7. The first kappa shape index (κ1) is 16.8. The zero-order valence-corrected chi connectivity index (χ0v) is 13.6. The fourth-order valence-corrected chi connectivity index (χ4v) is 2.27. The number of pyridine rings is 1. The number of aryl methyl sites for hydroxylation is 1. The summed E-state index contributed by atoms with van der Waals surface area (Å²) < 4.78 is 5.70. The average molecular weight is 313 g/mol. The highest BCUT2D eigenvalue weighted by atomic mass is 16.5. The standard InChI is InChI=1S/C18H23N3O2/c1-3-4-5-11-23-15-8-6-7-14(12-15)21-18(22)16-13(2)9-10-20-17(16)19/h6-10,12H,3-5,11H2,1-2H3,(H2,19,20)(H,21,22). The number of ether oxygens (including phenoxy) is 1. The highest BCUT2D eigenvalue weighted by Crippen LogP contribution is 2.20. The number of anilines is 2. The number of nitrogen functional groups attached to an aromatic ring is 1. The molecule has 2 aromatic rings. The maximum Gasteiger partial charge on any atom is 0.259 e. The van der Waals surface area contributed by atoms with Gasteiger partial charge in [0, 0.05) is 18.0 Å². The van der Waals surface area contributed by atoms with Crippen molar-refractivity contribution >= 4 is 17.4 Å². The van der Waals surface area contributed by atoms with Gasteiger partial charge in [0.1, 0.15) is 11.6 Å². The summed E-state index contributed by atoms with van der Waals surface area (Å²) in [6, 6.07) is 9.12. The molecule has 0 saturated heterocycles. The van der Waals surface area contributed by atoms with E-state index in [4.69, 9.17) is 10.5 Å². The number of hydrogen-bond donors (Lipinski definition) is 2. The first-order valence-corrected chi connectivity index (χ1v) is 7.87. The van der Waals surface area contributed by atoms with Crippen LogP contribution in [-0.4, -0.2) is 17.5 Å². The largest absolute Gasteiger partial charge is 0.494 e. The molecule has 122 valence electrons. The molecular formula is C18H23N3O2. The van der Waals surface area contributed by atoms with Gasteiger partial charge < -0.3 is 15.8 Å². The SMILES string of the molecule is CCCCCOc1cccc(NC(=O)c2c(C)ccnc2N)c1. The van der Waals surface area contributed by atoms with Gasteiger partial charge in [0.25, 0.3) is 5.91 Å². The van der Waals surface area contributed by atoms with Gasteiger partial charge in [0.05, 0.1) is 12.2 Å².